The van der Waals surface area contributed by atoms with E-state index in [1.165, 1.54) is 0 Å². The molecule has 42 heavy (non-hydrogen) atoms. The number of hydrogen-bond acceptors (Lipinski definition) is 8. The second kappa shape index (κ2) is 15.4. The molecule has 3 amide bonds. The molecule has 0 saturated carbocycles. The molecule has 0 aliphatic heterocycles. The van der Waals surface area contributed by atoms with Crippen molar-refractivity contribution in [3.05, 3.63) is 108 Å². The number of ether oxygens (including phenoxy) is 3. The predicted octanol–water partition coefficient (Wildman–Crippen LogP) is 2.98. The molecule has 12 heteroatoms. The van der Waals surface area contributed by atoms with E-state index in [1.54, 1.807) is 91.0 Å². The number of nitrogens with two attached hydrogens (primary N) is 3. The molecule has 3 aromatic carbocycles. The summed E-state index contributed by atoms with van der Waals surface area (Å²) in [5.74, 6) is -2.82. The van der Waals surface area contributed by atoms with Crippen molar-refractivity contribution in [1.29, 1.82) is 0 Å². The zero-order valence-electron chi connectivity index (χ0n) is 22.9. The highest BCUT2D eigenvalue weighted by atomic mass is 16.6. The lowest BCUT2D eigenvalue weighted by Gasteiger charge is -2.36. The van der Waals surface area contributed by atoms with Gasteiger partial charge in [-0.15, -0.1) is 0 Å². The van der Waals surface area contributed by atoms with Crippen molar-refractivity contribution in [3.8, 4) is 0 Å². The molecule has 0 aromatic heterocycles. The van der Waals surface area contributed by atoms with E-state index >= 15 is 0 Å². The monoisotopic (exact) mass is 575 g/mol. The Hall–Kier alpha value is -5.39. The smallest absolute Gasteiger partial charge is 0.421 e. The van der Waals surface area contributed by atoms with Gasteiger partial charge in [-0.25, -0.2) is 14.4 Å². The molecule has 0 unspecified atom stereocenters. The predicted molar refractivity (Wildman–Crippen MR) is 153 cm³/mol. The maximum Gasteiger partial charge on any atom is 0.421 e. The Morgan fingerprint density at radius 3 is 1.43 bits per heavy atom. The molecule has 0 aliphatic carbocycles. The van der Waals surface area contributed by atoms with Crippen LogP contribution in [-0.4, -0.2) is 47.0 Å². The van der Waals surface area contributed by atoms with E-state index in [0.29, 0.717) is 16.7 Å². The topological polar surface area (TPSA) is 190 Å². The minimum atomic E-state index is -2.66. The van der Waals surface area contributed by atoms with Gasteiger partial charge in [0.15, 0.2) is 5.96 Å². The van der Waals surface area contributed by atoms with Crippen molar-refractivity contribution in [1.82, 2.24) is 4.90 Å². The lowest BCUT2D eigenvalue weighted by Crippen LogP contribution is -2.66. The number of amides is 3. The van der Waals surface area contributed by atoms with Gasteiger partial charge in [-0.1, -0.05) is 91.0 Å². The summed E-state index contributed by atoms with van der Waals surface area (Å²) in [5, 5.41) is 0. The van der Waals surface area contributed by atoms with Crippen LogP contribution in [0.15, 0.2) is 96.0 Å². The molecule has 220 valence electrons. The summed E-state index contributed by atoms with van der Waals surface area (Å²) < 4.78 is 16.2. The summed E-state index contributed by atoms with van der Waals surface area (Å²) in [6.45, 7) is -0.863. The van der Waals surface area contributed by atoms with Crippen LogP contribution in [0.3, 0.4) is 0 Å². The Morgan fingerprint density at radius 1 is 0.643 bits per heavy atom. The molecule has 0 saturated heterocycles. The van der Waals surface area contributed by atoms with E-state index in [2.05, 4.69) is 4.99 Å². The number of hydrogen-bond donors (Lipinski definition) is 3. The van der Waals surface area contributed by atoms with Crippen molar-refractivity contribution in [2.75, 3.05) is 6.54 Å². The first-order chi connectivity index (χ1) is 20.2. The quantitative estimate of drug-likeness (QED) is 0.0687. The number of aliphatic imine (C=N–C) groups is 1. The lowest BCUT2D eigenvalue weighted by molar-refractivity contribution is -0.163. The van der Waals surface area contributed by atoms with Crippen LogP contribution in [0.4, 0.5) is 9.59 Å². The number of rotatable bonds is 13. The molecule has 0 radical (unpaired) electrons. The van der Waals surface area contributed by atoms with E-state index in [4.69, 9.17) is 31.4 Å². The SMILES string of the molecule is NC(=O)[C@@](CCCN=C(N)N)(C(=O)OCc1ccccc1)N(C(=O)OCc1ccccc1)C(=O)OCc1ccccc1. The zero-order valence-corrected chi connectivity index (χ0v) is 22.9. The molecule has 0 aliphatic rings. The summed E-state index contributed by atoms with van der Waals surface area (Å²) >= 11 is 0. The molecule has 12 nitrogen and oxygen atoms in total. The van der Waals surface area contributed by atoms with Crippen LogP contribution in [-0.2, 0) is 43.6 Å². The van der Waals surface area contributed by atoms with E-state index in [0.717, 1.165) is 0 Å². The van der Waals surface area contributed by atoms with Gasteiger partial charge in [0.25, 0.3) is 5.91 Å². The zero-order chi connectivity index (χ0) is 30.4. The van der Waals surface area contributed by atoms with Gasteiger partial charge in [0.05, 0.1) is 0 Å². The highest BCUT2D eigenvalue weighted by molar-refractivity contribution is 6.12. The lowest BCUT2D eigenvalue weighted by atomic mass is 9.90. The van der Waals surface area contributed by atoms with E-state index < -0.39 is 36.0 Å². The standard InChI is InChI=1S/C30H33N5O7/c31-25(36)30(17-10-18-34-27(32)33,26(37)40-19-22-11-4-1-5-12-22)35(28(38)41-20-23-13-6-2-7-14-23)29(39)42-21-24-15-8-3-9-16-24/h1-9,11-16H,10,17-21H2,(H2,31,36)(H4,32,33,34)/t30-/m0/s1. The van der Waals surface area contributed by atoms with Gasteiger partial charge in [0.2, 0.25) is 5.54 Å². The molecule has 6 N–H and O–H groups in total. The molecule has 0 bridgehead atoms. The summed E-state index contributed by atoms with van der Waals surface area (Å²) in [5.41, 5.74) is 15.7. The van der Waals surface area contributed by atoms with Crippen molar-refractivity contribution >= 4 is 30.0 Å². The Bertz CT molecular complexity index is 1310. The van der Waals surface area contributed by atoms with Crippen molar-refractivity contribution < 1.29 is 33.4 Å². The second-order valence-corrected chi connectivity index (χ2v) is 9.11. The Labute approximate surface area is 243 Å². The number of esters is 1. The number of carbonyl (C=O) groups is 4. The normalized spacial score (nSPS) is 11.8. The third-order valence-electron chi connectivity index (χ3n) is 6.11. The minimum absolute atomic E-state index is 0.0459. The maximum atomic E-state index is 13.7. The molecule has 3 aromatic rings. The molecule has 0 spiro atoms. The van der Waals surface area contributed by atoms with Crippen LogP contribution >= 0.6 is 0 Å². The second-order valence-electron chi connectivity index (χ2n) is 9.11. The van der Waals surface area contributed by atoms with E-state index in [1.807, 2.05) is 0 Å². The van der Waals surface area contributed by atoms with E-state index in [9.17, 15) is 19.2 Å². The van der Waals surface area contributed by atoms with Crippen molar-refractivity contribution in [2.24, 2.45) is 22.2 Å². The highest BCUT2D eigenvalue weighted by Gasteiger charge is 2.57. The molecule has 0 heterocycles. The maximum absolute atomic E-state index is 13.7. The molecule has 0 fully saturated rings. The Morgan fingerprint density at radius 2 is 1.05 bits per heavy atom. The van der Waals surface area contributed by atoms with Gasteiger partial charge in [-0.2, -0.15) is 4.90 Å². The van der Waals surface area contributed by atoms with E-state index in [-0.39, 0.29) is 43.6 Å². The first kappa shape index (κ1) is 31.1. The van der Waals surface area contributed by atoms with Gasteiger partial charge >= 0.3 is 18.2 Å². The Balaban J connectivity index is 1.99. The van der Waals surface area contributed by atoms with Gasteiger partial charge in [-0.3, -0.25) is 9.79 Å². The van der Waals surface area contributed by atoms with Crippen LogP contribution < -0.4 is 17.2 Å². The summed E-state index contributed by atoms with van der Waals surface area (Å²) in [7, 11) is 0. The fourth-order valence-electron chi connectivity index (χ4n) is 3.98. The summed E-state index contributed by atoms with van der Waals surface area (Å²) in [4.78, 5) is 58.2. The van der Waals surface area contributed by atoms with Gasteiger partial charge in [0.1, 0.15) is 19.8 Å². The van der Waals surface area contributed by atoms with Gasteiger partial charge in [-0.05, 0) is 29.5 Å². The average molecular weight is 576 g/mol. The fraction of sp³-hybridized carbons (Fsp3) is 0.233. The number of imide groups is 1. The first-order valence-electron chi connectivity index (χ1n) is 13.0. The first-order valence-corrected chi connectivity index (χ1v) is 13.0. The van der Waals surface area contributed by atoms with Gasteiger partial charge < -0.3 is 31.4 Å². The van der Waals surface area contributed by atoms with Gasteiger partial charge in [0, 0.05) is 6.54 Å². The minimum Gasteiger partial charge on any atom is -0.459 e. The van der Waals surface area contributed by atoms with Crippen LogP contribution in [0.1, 0.15) is 29.5 Å². The molecule has 3 rings (SSSR count). The number of primary amides is 1. The number of benzene rings is 3. The number of guanidine groups is 1. The van der Waals surface area contributed by atoms with Crippen molar-refractivity contribution in [2.45, 2.75) is 38.2 Å². The number of nitrogens with zero attached hydrogens (tertiary/aromatic N) is 2. The summed E-state index contributed by atoms with van der Waals surface area (Å²) in [6, 6.07) is 25.8. The van der Waals surface area contributed by atoms with Crippen LogP contribution in [0, 0.1) is 0 Å². The molecular formula is C30H33N5O7. The molecular weight excluding hydrogens is 542 g/mol. The molecule has 1 atom stereocenters. The number of carbonyl (C=O) groups excluding carboxylic acids is 4. The highest BCUT2D eigenvalue weighted by Crippen LogP contribution is 2.28. The average Bonchev–Trinajstić information content (AvgIpc) is 3.00. The summed E-state index contributed by atoms with van der Waals surface area (Å²) in [6.07, 6.45) is -3.20. The van der Waals surface area contributed by atoms with Crippen molar-refractivity contribution in [3.63, 3.8) is 0 Å². The third kappa shape index (κ3) is 8.55. The van der Waals surface area contributed by atoms with Crippen LogP contribution in [0.2, 0.25) is 0 Å². The van der Waals surface area contributed by atoms with Crippen LogP contribution in [0.5, 0.6) is 0 Å². The largest absolute Gasteiger partial charge is 0.459 e. The third-order valence-corrected chi connectivity index (χ3v) is 6.11. The fourth-order valence-corrected chi connectivity index (χ4v) is 3.98. The van der Waals surface area contributed by atoms with Crippen LogP contribution in [0.25, 0.3) is 0 Å². The Kier molecular flexibility index (Phi) is 11.4.